The van der Waals surface area contributed by atoms with Gasteiger partial charge in [0.25, 0.3) is 0 Å². The Morgan fingerprint density at radius 2 is 1.33 bits per heavy atom. The van der Waals surface area contributed by atoms with Crippen LogP contribution in [0.5, 0.6) is 0 Å². The van der Waals surface area contributed by atoms with Crippen molar-refractivity contribution in [1.29, 1.82) is 5.26 Å². The lowest BCUT2D eigenvalue weighted by Gasteiger charge is -2.60. The highest BCUT2D eigenvalue weighted by molar-refractivity contribution is 8.24. The fraction of sp³-hybridized carbons (Fsp3) is 0.767. The van der Waals surface area contributed by atoms with Crippen molar-refractivity contribution in [3.63, 3.8) is 0 Å². The highest BCUT2D eigenvalue weighted by Crippen LogP contribution is 2.65. The van der Waals surface area contributed by atoms with Gasteiger partial charge in [-0.15, -0.1) is 0 Å². The molecule has 1 aromatic rings. The average Bonchev–Trinajstić information content (AvgIpc) is 3.86. The van der Waals surface area contributed by atoms with Crippen LogP contribution in [0.15, 0.2) is 30.3 Å². The summed E-state index contributed by atoms with van der Waals surface area (Å²) < 4.78 is 24.1. The van der Waals surface area contributed by atoms with E-state index in [-0.39, 0.29) is 30.9 Å². The molecular formula is C43H69NO6S2. The molecule has 1 aliphatic rings. The van der Waals surface area contributed by atoms with Crippen molar-refractivity contribution in [1.82, 2.24) is 0 Å². The largest absolute Gasteiger partial charge is 0.462 e. The third-order valence-electron chi connectivity index (χ3n) is 12.4. The number of carbonyl (C=O) groups excluding carboxylic acids is 2. The molecule has 1 saturated heterocycles. The molecule has 0 aliphatic carbocycles. The predicted octanol–water partition coefficient (Wildman–Crippen LogP) is 10.7. The second-order valence-electron chi connectivity index (χ2n) is 19.5. The molecule has 0 amide bonds. The monoisotopic (exact) mass is 759 g/mol. The first kappa shape index (κ1) is 46.2. The molecule has 0 bridgehead atoms. The maximum atomic E-state index is 15.1. The Kier molecular flexibility index (Phi) is 14.2. The summed E-state index contributed by atoms with van der Waals surface area (Å²) in [7, 11) is 0. The number of hydrogen-bond donors (Lipinski definition) is 0. The van der Waals surface area contributed by atoms with Crippen LogP contribution >= 0.6 is 24.0 Å². The molecule has 1 heterocycles. The minimum atomic E-state index is -1.20. The van der Waals surface area contributed by atoms with E-state index >= 15 is 4.79 Å². The van der Waals surface area contributed by atoms with Gasteiger partial charge in [-0.1, -0.05) is 117 Å². The Hall–Kier alpha value is -1.99. The Labute approximate surface area is 326 Å². The zero-order valence-electron chi connectivity index (χ0n) is 35.4. The molecular weight excluding hydrogens is 691 g/mol. The molecule has 7 nitrogen and oxygen atoms in total. The summed E-state index contributed by atoms with van der Waals surface area (Å²) in [6.45, 7) is 35.2. The lowest BCUT2D eigenvalue weighted by Crippen LogP contribution is -2.61. The number of nitrogens with zero attached hydrogens (tertiary/aromatic N) is 1. The minimum absolute atomic E-state index is 0.0918. The second kappa shape index (κ2) is 16.0. The zero-order chi connectivity index (χ0) is 40.4. The smallest absolute Gasteiger partial charge is 0.313 e. The first-order valence-corrected chi connectivity index (χ1v) is 19.9. The summed E-state index contributed by atoms with van der Waals surface area (Å²) in [5.41, 5.74) is -5.41. The maximum absolute atomic E-state index is 15.1. The van der Waals surface area contributed by atoms with E-state index in [2.05, 4.69) is 66.7 Å². The maximum Gasteiger partial charge on any atom is 0.313 e. The molecule has 3 atom stereocenters. The van der Waals surface area contributed by atoms with Gasteiger partial charge in [-0.05, 0) is 96.5 Å². The molecule has 0 N–H and O–H groups in total. The van der Waals surface area contributed by atoms with Crippen LogP contribution in [0.3, 0.4) is 0 Å². The molecule has 1 aliphatic heterocycles. The topological polar surface area (TPSA) is 98.2 Å². The molecule has 0 saturated carbocycles. The number of thioether (sulfide) groups is 1. The van der Waals surface area contributed by atoms with Gasteiger partial charge < -0.3 is 18.9 Å². The number of hydrogen-bond acceptors (Lipinski definition) is 9. The lowest BCUT2D eigenvalue weighted by atomic mass is 9.43. The number of ether oxygens (including phenoxy) is 4. The van der Waals surface area contributed by atoms with Crippen LogP contribution in [-0.2, 0) is 34.0 Å². The molecule has 0 spiro atoms. The number of rotatable bonds is 19. The van der Waals surface area contributed by atoms with Crippen LogP contribution in [0.4, 0.5) is 0 Å². The van der Waals surface area contributed by atoms with Gasteiger partial charge in [0.05, 0.1) is 39.9 Å². The van der Waals surface area contributed by atoms with Crippen LogP contribution in [0.2, 0.25) is 0 Å². The zero-order valence-corrected chi connectivity index (χ0v) is 37.1. The fourth-order valence-corrected chi connectivity index (χ4v) is 8.61. The number of nitriles is 1. The summed E-state index contributed by atoms with van der Waals surface area (Å²) in [5.74, 6) is -0.712. The summed E-state index contributed by atoms with van der Waals surface area (Å²) in [4.78, 5) is 29.8. The van der Waals surface area contributed by atoms with E-state index in [1.54, 1.807) is 0 Å². The van der Waals surface area contributed by atoms with Crippen molar-refractivity contribution in [3.05, 3.63) is 35.9 Å². The fourth-order valence-electron chi connectivity index (χ4n) is 7.06. The van der Waals surface area contributed by atoms with E-state index in [4.69, 9.17) is 31.2 Å². The molecule has 2 rings (SSSR count). The molecule has 0 radical (unpaired) electrons. The highest BCUT2D eigenvalue weighted by Gasteiger charge is 2.66. The molecule has 294 valence electrons. The number of thiocarbonyl (C=S) groups is 1. The van der Waals surface area contributed by atoms with Crippen molar-refractivity contribution in [2.75, 3.05) is 19.8 Å². The SMILES string of the molecule is CCC(C)(C)OCC(C)(C)OC(=O)C(C)(CC(C)(C)C(=S)SC(C)(C)C#N)C(C)(C)C(C)(C)C(C)(CC(C)(C)c1ccccc1)C(=O)OCC1CO1. The van der Waals surface area contributed by atoms with E-state index < -0.39 is 48.8 Å². The Balaban J connectivity index is 2.79. The average molecular weight is 760 g/mol. The molecule has 9 heteroatoms. The number of carbonyl (C=O) groups is 2. The van der Waals surface area contributed by atoms with Gasteiger partial charge >= 0.3 is 11.9 Å². The van der Waals surface area contributed by atoms with E-state index in [9.17, 15) is 10.1 Å². The second-order valence-corrected chi connectivity index (χ2v) is 21.8. The van der Waals surface area contributed by atoms with Crippen molar-refractivity contribution < 1.29 is 28.5 Å². The van der Waals surface area contributed by atoms with Crippen molar-refractivity contribution in [2.45, 2.75) is 164 Å². The first-order valence-electron chi connectivity index (χ1n) is 18.7. The van der Waals surface area contributed by atoms with E-state index in [1.165, 1.54) is 11.8 Å². The summed E-state index contributed by atoms with van der Waals surface area (Å²) in [6, 6.07) is 12.6. The van der Waals surface area contributed by atoms with Crippen molar-refractivity contribution >= 4 is 40.1 Å². The molecule has 3 unspecified atom stereocenters. The van der Waals surface area contributed by atoms with Crippen molar-refractivity contribution in [2.24, 2.45) is 27.1 Å². The first-order chi connectivity index (χ1) is 23.4. The summed E-state index contributed by atoms with van der Waals surface area (Å²) in [6.07, 6.45) is 1.48. The number of epoxide rings is 1. The van der Waals surface area contributed by atoms with Crippen LogP contribution in [-0.4, -0.2) is 58.0 Å². The number of esters is 2. The molecule has 0 aromatic heterocycles. The molecule has 1 aromatic carbocycles. The number of benzene rings is 1. The predicted molar refractivity (Wildman–Crippen MR) is 217 cm³/mol. The van der Waals surface area contributed by atoms with Gasteiger partial charge in [0.15, 0.2) is 0 Å². The Bertz CT molecular complexity index is 1470. The van der Waals surface area contributed by atoms with Gasteiger partial charge in [-0.25, -0.2) is 0 Å². The Morgan fingerprint density at radius 3 is 1.79 bits per heavy atom. The van der Waals surface area contributed by atoms with Gasteiger partial charge in [0.1, 0.15) is 23.1 Å². The quantitative estimate of drug-likeness (QED) is 0.0775. The third kappa shape index (κ3) is 10.6. The van der Waals surface area contributed by atoms with E-state index in [0.29, 0.717) is 23.6 Å². The normalized spacial score (nSPS) is 18.4. The minimum Gasteiger partial charge on any atom is -0.462 e. The van der Waals surface area contributed by atoms with Gasteiger partial charge in [0.2, 0.25) is 0 Å². The standard InChI is InChI=1S/C43H69NO6S2/c1-18-37(6,7)49-29-38(8,9)50-33(46)43(17,27-36(4,5)34(51)52-39(10,11)28-44)41(14,15)40(12,13)42(16,32(45)48-25-31-24-47-31)26-35(2,3)30-22-20-19-21-23-30/h19-23,31H,18,24-27,29H2,1-17H3. The van der Waals surface area contributed by atoms with Crippen LogP contribution < -0.4 is 0 Å². The van der Waals surface area contributed by atoms with Crippen LogP contribution in [0, 0.1) is 38.4 Å². The molecule has 1 fully saturated rings. The molecule has 52 heavy (non-hydrogen) atoms. The third-order valence-corrected chi connectivity index (χ3v) is 14.5. The van der Waals surface area contributed by atoms with E-state index in [0.717, 1.165) is 12.0 Å². The van der Waals surface area contributed by atoms with E-state index in [1.807, 2.05) is 87.4 Å². The highest BCUT2D eigenvalue weighted by atomic mass is 32.2. The van der Waals surface area contributed by atoms with Crippen LogP contribution in [0.25, 0.3) is 0 Å². The Morgan fingerprint density at radius 1 is 0.827 bits per heavy atom. The van der Waals surface area contributed by atoms with Crippen LogP contribution in [0.1, 0.15) is 143 Å². The lowest BCUT2D eigenvalue weighted by molar-refractivity contribution is -0.207. The summed E-state index contributed by atoms with van der Waals surface area (Å²) in [5, 5.41) is 9.85. The summed E-state index contributed by atoms with van der Waals surface area (Å²) >= 11 is 7.39. The van der Waals surface area contributed by atoms with Crippen molar-refractivity contribution in [3.8, 4) is 6.07 Å². The van der Waals surface area contributed by atoms with Gasteiger partial charge in [-0.3, -0.25) is 9.59 Å². The van der Waals surface area contributed by atoms with Gasteiger partial charge in [0, 0.05) is 5.41 Å². The van der Waals surface area contributed by atoms with Gasteiger partial charge in [-0.2, -0.15) is 5.26 Å².